The Hall–Kier alpha value is -2.89. The highest BCUT2D eigenvalue weighted by Gasteiger charge is 2.19. The average molecular weight is 1150 g/mol. The Morgan fingerprint density at radius 2 is 0.476 bits per heavy atom. The van der Waals surface area contributed by atoms with E-state index < -0.39 is 6.10 Å². The zero-order valence-corrected chi connectivity index (χ0v) is 55.0. The van der Waals surface area contributed by atoms with Gasteiger partial charge in [0, 0.05) is 19.3 Å². The van der Waals surface area contributed by atoms with Crippen LogP contribution in [0.15, 0.2) is 60.8 Å². The summed E-state index contributed by atoms with van der Waals surface area (Å²) >= 11 is 0. The summed E-state index contributed by atoms with van der Waals surface area (Å²) in [5.74, 6) is -0.835. The summed E-state index contributed by atoms with van der Waals surface area (Å²) in [6.07, 6.45) is 91.2. The normalized spacial score (nSPS) is 12.4. The first kappa shape index (κ1) is 79.1. The molecule has 0 aromatic carbocycles. The van der Waals surface area contributed by atoms with Gasteiger partial charge in [0.1, 0.15) is 13.2 Å². The van der Waals surface area contributed by atoms with Crippen LogP contribution in [0.1, 0.15) is 387 Å². The third-order valence-electron chi connectivity index (χ3n) is 16.3. The van der Waals surface area contributed by atoms with Gasteiger partial charge in [-0.2, -0.15) is 0 Å². The molecular weight excluding hydrogens is 1010 g/mol. The lowest BCUT2D eigenvalue weighted by Crippen LogP contribution is -2.30. The van der Waals surface area contributed by atoms with E-state index in [2.05, 4.69) is 81.5 Å². The van der Waals surface area contributed by atoms with Gasteiger partial charge < -0.3 is 14.2 Å². The molecule has 1 atom stereocenters. The molecule has 0 aliphatic heterocycles. The van der Waals surface area contributed by atoms with E-state index in [1.807, 2.05) is 0 Å². The van der Waals surface area contributed by atoms with Gasteiger partial charge in [0.25, 0.3) is 0 Å². The molecule has 6 heteroatoms. The van der Waals surface area contributed by atoms with E-state index in [1.165, 1.54) is 257 Å². The lowest BCUT2D eigenvalue weighted by atomic mass is 10.0. The molecule has 0 spiro atoms. The number of rotatable bonds is 67. The molecule has 0 fully saturated rings. The van der Waals surface area contributed by atoms with Crippen LogP contribution in [0.25, 0.3) is 0 Å². The Morgan fingerprint density at radius 1 is 0.256 bits per heavy atom. The second-order valence-corrected chi connectivity index (χ2v) is 24.5. The molecule has 82 heavy (non-hydrogen) atoms. The third kappa shape index (κ3) is 67.9. The van der Waals surface area contributed by atoms with Gasteiger partial charge in [0.05, 0.1) is 0 Å². The summed E-state index contributed by atoms with van der Waals surface area (Å²) in [6.45, 7) is 6.59. The first-order valence-electron chi connectivity index (χ1n) is 36.3. The van der Waals surface area contributed by atoms with E-state index in [1.54, 1.807) is 0 Å². The first-order valence-corrected chi connectivity index (χ1v) is 36.3. The van der Waals surface area contributed by atoms with Crippen LogP contribution in [0, 0.1) is 0 Å². The largest absolute Gasteiger partial charge is 0.462 e. The van der Waals surface area contributed by atoms with Crippen molar-refractivity contribution in [2.24, 2.45) is 0 Å². The van der Waals surface area contributed by atoms with Crippen LogP contribution in [0.2, 0.25) is 0 Å². The number of carbonyl (C=O) groups is 3. The molecule has 0 bridgehead atoms. The maximum Gasteiger partial charge on any atom is 0.306 e. The number of allylic oxidation sites excluding steroid dienone is 10. The third-order valence-corrected chi connectivity index (χ3v) is 16.3. The van der Waals surface area contributed by atoms with Crippen LogP contribution < -0.4 is 0 Å². The van der Waals surface area contributed by atoms with Crippen LogP contribution in [-0.2, 0) is 28.6 Å². The summed E-state index contributed by atoms with van der Waals surface area (Å²) in [6, 6.07) is 0. The van der Waals surface area contributed by atoms with Gasteiger partial charge in [0.2, 0.25) is 0 Å². The Morgan fingerprint density at radius 3 is 0.744 bits per heavy atom. The quantitative estimate of drug-likeness (QED) is 0.0261. The van der Waals surface area contributed by atoms with Crippen molar-refractivity contribution in [3.8, 4) is 0 Å². The molecule has 0 N–H and O–H groups in total. The van der Waals surface area contributed by atoms with E-state index >= 15 is 0 Å². The maximum atomic E-state index is 12.9. The standard InChI is InChI=1S/C76H138O6/c1-4-7-10-13-16-19-22-25-28-29-30-31-32-33-34-35-36-37-38-39-40-41-42-43-44-45-46-47-49-51-54-57-60-63-66-69-75(78)81-72-73(71-80-74(77)68-65-62-59-56-53-50-27-24-21-18-15-12-9-6-3)82-76(79)70-67-64-61-58-55-52-48-26-23-20-17-14-11-8-5-2/h7,10,16,19,25,28,30-31,33-34,73H,4-6,8-9,11-15,17-18,20-24,26-27,29,32,35-72H2,1-3H3/b10-7-,19-16-,28-25-,31-30-,34-33-. The predicted molar refractivity (Wildman–Crippen MR) is 358 cm³/mol. The number of ether oxygens (including phenoxy) is 3. The summed E-state index contributed by atoms with van der Waals surface area (Å²) < 4.78 is 17.0. The van der Waals surface area contributed by atoms with Gasteiger partial charge in [0.15, 0.2) is 6.10 Å². The lowest BCUT2D eigenvalue weighted by molar-refractivity contribution is -0.167. The Kier molecular flexibility index (Phi) is 68.1. The second kappa shape index (κ2) is 70.6. The maximum absolute atomic E-state index is 12.9. The van der Waals surface area contributed by atoms with Crippen LogP contribution in [0.3, 0.4) is 0 Å². The van der Waals surface area contributed by atoms with Gasteiger partial charge in [-0.25, -0.2) is 0 Å². The molecule has 6 nitrogen and oxygen atoms in total. The van der Waals surface area contributed by atoms with E-state index in [-0.39, 0.29) is 31.1 Å². The van der Waals surface area contributed by atoms with Crippen molar-refractivity contribution < 1.29 is 28.6 Å². The second-order valence-electron chi connectivity index (χ2n) is 24.5. The van der Waals surface area contributed by atoms with Crippen molar-refractivity contribution in [1.29, 1.82) is 0 Å². The highest BCUT2D eigenvalue weighted by molar-refractivity contribution is 5.71. The fourth-order valence-corrected chi connectivity index (χ4v) is 10.9. The number of hydrogen-bond donors (Lipinski definition) is 0. The van der Waals surface area contributed by atoms with Crippen LogP contribution in [0.4, 0.5) is 0 Å². The Bertz CT molecular complexity index is 1460. The van der Waals surface area contributed by atoms with Gasteiger partial charge in [-0.15, -0.1) is 0 Å². The zero-order valence-electron chi connectivity index (χ0n) is 55.0. The molecule has 0 rings (SSSR count). The van der Waals surface area contributed by atoms with E-state index in [0.29, 0.717) is 19.3 Å². The van der Waals surface area contributed by atoms with E-state index in [0.717, 1.165) is 89.9 Å². The van der Waals surface area contributed by atoms with Crippen molar-refractivity contribution in [1.82, 2.24) is 0 Å². The monoisotopic (exact) mass is 1150 g/mol. The van der Waals surface area contributed by atoms with Crippen molar-refractivity contribution in [2.75, 3.05) is 13.2 Å². The molecule has 0 aromatic rings. The predicted octanol–water partition coefficient (Wildman–Crippen LogP) is 25.1. The molecule has 0 aliphatic rings. The average Bonchev–Trinajstić information content (AvgIpc) is 3.48. The van der Waals surface area contributed by atoms with E-state index in [9.17, 15) is 14.4 Å². The lowest BCUT2D eigenvalue weighted by Gasteiger charge is -2.18. The van der Waals surface area contributed by atoms with Crippen molar-refractivity contribution in [3.05, 3.63) is 60.8 Å². The molecule has 0 amide bonds. The molecule has 478 valence electrons. The van der Waals surface area contributed by atoms with Crippen molar-refractivity contribution in [2.45, 2.75) is 393 Å². The van der Waals surface area contributed by atoms with Gasteiger partial charge in [-0.3, -0.25) is 14.4 Å². The van der Waals surface area contributed by atoms with Crippen molar-refractivity contribution >= 4 is 17.9 Å². The number of esters is 3. The molecule has 0 radical (unpaired) electrons. The fourth-order valence-electron chi connectivity index (χ4n) is 10.9. The summed E-state index contributed by atoms with van der Waals surface area (Å²) in [5, 5.41) is 0. The van der Waals surface area contributed by atoms with Gasteiger partial charge in [-0.1, -0.05) is 364 Å². The van der Waals surface area contributed by atoms with E-state index in [4.69, 9.17) is 14.2 Å². The highest BCUT2D eigenvalue weighted by atomic mass is 16.6. The van der Waals surface area contributed by atoms with Gasteiger partial charge in [-0.05, 0) is 64.2 Å². The number of unbranched alkanes of at least 4 members (excludes halogenated alkanes) is 46. The smallest absolute Gasteiger partial charge is 0.306 e. The molecule has 1 unspecified atom stereocenters. The Labute approximate surface area is 510 Å². The minimum atomic E-state index is -0.768. The highest BCUT2D eigenvalue weighted by Crippen LogP contribution is 2.19. The van der Waals surface area contributed by atoms with Gasteiger partial charge >= 0.3 is 17.9 Å². The SMILES string of the molecule is CC/C=C\C/C=C\C/C=C\C/C=C\C/C=C\CCCCCCCCCCCCCCCCCCCCCC(=O)OCC(COC(=O)CCCCCCCCCCCCCCCC)OC(=O)CCCCCCCCCCCCCCCCC. The molecule has 0 saturated heterocycles. The Balaban J connectivity index is 4.09. The van der Waals surface area contributed by atoms with Crippen molar-refractivity contribution in [3.63, 3.8) is 0 Å². The zero-order chi connectivity index (χ0) is 59.2. The number of hydrogen-bond acceptors (Lipinski definition) is 6. The summed E-state index contributed by atoms with van der Waals surface area (Å²) in [5.41, 5.74) is 0. The van der Waals surface area contributed by atoms with Crippen LogP contribution in [-0.4, -0.2) is 37.2 Å². The molecule has 0 aliphatic carbocycles. The van der Waals surface area contributed by atoms with Crippen LogP contribution in [0.5, 0.6) is 0 Å². The first-order chi connectivity index (χ1) is 40.5. The minimum absolute atomic E-state index is 0.0652. The summed E-state index contributed by atoms with van der Waals surface area (Å²) in [7, 11) is 0. The molecule has 0 aromatic heterocycles. The molecule has 0 saturated carbocycles. The summed E-state index contributed by atoms with van der Waals surface area (Å²) in [4.78, 5) is 38.4. The minimum Gasteiger partial charge on any atom is -0.462 e. The van der Waals surface area contributed by atoms with Crippen LogP contribution >= 0.6 is 0 Å². The molecule has 0 heterocycles. The fraction of sp³-hybridized carbons (Fsp3) is 0.829. The topological polar surface area (TPSA) is 78.9 Å². The molecular formula is C76H138O6. The number of carbonyl (C=O) groups excluding carboxylic acids is 3.